The minimum Gasteiger partial charge on any atom is -0.325 e. The first-order chi connectivity index (χ1) is 10.2. The minimum atomic E-state index is 0.665. The summed E-state index contributed by atoms with van der Waals surface area (Å²) in [5.74, 6) is 0. The third-order valence-electron chi connectivity index (χ3n) is 3.13. The molecule has 0 amide bonds. The Kier molecular flexibility index (Phi) is 4.07. The quantitative estimate of drug-likeness (QED) is 0.611. The molecular weight excluding hydrogens is 320 g/mol. The van der Waals surface area contributed by atoms with Crippen LogP contribution in [0.3, 0.4) is 0 Å². The number of benzene rings is 2. The number of fused-ring (bicyclic) bond motifs is 1. The highest BCUT2D eigenvalue weighted by atomic mass is 35.5. The van der Waals surface area contributed by atoms with Crippen LogP contribution in [0.2, 0.25) is 5.02 Å². The van der Waals surface area contributed by atoms with Gasteiger partial charge >= 0.3 is 0 Å². The molecule has 0 aliphatic heterocycles. The molecule has 0 unspecified atom stereocenters. The van der Waals surface area contributed by atoms with Crippen LogP contribution in [0.15, 0.2) is 46.7 Å². The van der Waals surface area contributed by atoms with Crippen LogP contribution in [-0.2, 0) is 0 Å². The van der Waals surface area contributed by atoms with Gasteiger partial charge in [-0.2, -0.15) is 5.26 Å². The summed E-state index contributed by atoms with van der Waals surface area (Å²) in [6.07, 6.45) is 0. The molecule has 2 nitrogen and oxygen atoms in total. The van der Waals surface area contributed by atoms with Crippen LogP contribution < -0.4 is 4.72 Å². The largest absolute Gasteiger partial charge is 0.325 e. The monoisotopic (exact) mass is 330 g/mol. The lowest BCUT2D eigenvalue weighted by Gasteiger charge is -2.04. The van der Waals surface area contributed by atoms with E-state index in [9.17, 15) is 0 Å². The van der Waals surface area contributed by atoms with Crippen molar-refractivity contribution in [3.8, 4) is 6.07 Å². The van der Waals surface area contributed by atoms with Gasteiger partial charge in [0.1, 0.15) is 0 Å². The third kappa shape index (κ3) is 3.01. The lowest BCUT2D eigenvalue weighted by molar-refractivity contribution is 1.46. The number of hydrogen-bond donors (Lipinski definition) is 1. The lowest BCUT2D eigenvalue weighted by Crippen LogP contribution is -1.86. The molecule has 21 heavy (non-hydrogen) atoms. The highest BCUT2D eigenvalue weighted by Gasteiger charge is 2.09. The second-order valence-corrected chi connectivity index (χ2v) is 7.11. The molecule has 104 valence electrons. The van der Waals surface area contributed by atoms with E-state index in [1.54, 1.807) is 35.4 Å². The fourth-order valence-electron chi connectivity index (χ4n) is 1.99. The number of nitrogens with zero attached hydrogens (tertiary/aromatic N) is 1. The normalized spacial score (nSPS) is 10.5. The van der Waals surface area contributed by atoms with Crippen molar-refractivity contribution in [2.24, 2.45) is 0 Å². The van der Waals surface area contributed by atoms with E-state index in [1.807, 2.05) is 24.3 Å². The molecule has 0 radical (unpaired) electrons. The smallest absolute Gasteiger partial charge is 0.0991 e. The molecule has 5 heteroatoms. The number of thiophene rings is 1. The van der Waals surface area contributed by atoms with Gasteiger partial charge < -0.3 is 4.72 Å². The molecule has 1 heterocycles. The number of anilines is 1. The zero-order valence-corrected chi connectivity index (χ0v) is 13.6. The molecule has 0 bridgehead atoms. The highest BCUT2D eigenvalue weighted by molar-refractivity contribution is 8.02. The number of nitrogens with one attached hydrogen (secondary N) is 1. The Hall–Kier alpha value is -1.67. The van der Waals surface area contributed by atoms with Gasteiger partial charge in [-0.25, -0.2) is 0 Å². The Morgan fingerprint density at radius 2 is 1.95 bits per heavy atom. The molecule has 3 aromatic rings. The molecule has 0 aliphatic rings. The molecule has 0 atom stereocenters. The molecular formula is C16H11ClN2S2. The van der Waals surface area contributed by atoms with E-state index < -0.39 is 0 Å². The summed E-state index contributed by atoms with van der Waals surface area (Å²) < 4.78 is 5.77. The van der Waals surface area contributed by atoms with Crippen LogP contribution in [-0.4, -0.2) is 0 Å². The van der Waals surface area contributed by atoms with E-state index in [1.165, 1.54) is 19.9 Å². The van der Waals surface area contributed by atoms with Gasteiger partial charge in [-0.05, 0) is 72.3 Å². The van der Waals surface area contributed by atoms with E-state index in [-0.39, 0.29) is 0 Å². The summed E-state index contributed by atoms with van der Waals surface area (Å²) in [7, 11) is 0. The van der Waals surface area contributed by atoms with Crippen LogP contribution in [0.5, 0.6) is 0 Å². The predicted octanol–water partition coefficient (Wildman–Crippen LogP) is 5.85. The molecule has 0 aliphatic carbocycles. The number of halogens is 1. The van der Waals surface area contributed by atoms with Gasteiger partial charge in [-0.3, -0.25) is 0 Å². The molecule has 0 spiro atoms. The zero-order chi connectivity index (χ0) is 14.8. The van der Waals surface area contributed by atoms with Crippen LogP contribution in [0.25, 0.3) is 10.1 Å². The van der Waals surface area contributed by atoms with Gasteiger partial charge in [0.25, 0.3) is 0 Å². The highest BCUT2D eigenvalue weighted by Crippen LogP contribution is 2.38. The van der Waals surface area contributed by atoms with E-state index >= 15 is 0 Å². The van der Waals surface area contributed by atoms with Gasteiger partial charge in [0.2, 0.25) is 0 Å². The second kappa shape index (κ2) is 5.98. The number of hydrogen-bond acceptors (Lipinski definition) is 4. The summed E-state index contributed by atoms with van der Waals surface area (Å²) in [4.78, 5) is 0. The summed E-state index contributed by atoms with van der Waals surface area (Å²) in [6.45, 7) is 2.11. The summed E-state index contributed by atoms with van der Waals surface area (Å²) in [6, 6.07) is 15.5. The Morgan fingerprint density at radius 3 is 2.67 bits per heavy atom. The van der Waals surface area contributed by atoms with E-state index in [2.05, 4.69) is 23.8 Å². The Bertz CT molecular complexity index is 832. The van der Waals surface area contributed by atoms with Gasteiger partial charge in [0.15, 0.2) is 0 Å². The molecule has 0 saturated carbocycles. The van der Waals surface area contributed by atoms with Crippen molar-refractivity contribution < 1.29 is 0 Å². The van der Waals surface area contributed by atoms with E-state index in [0.717, 1.165) is 10.7 Å². The minimum absolute atomic E-state index is 0.665. The first kappa shape index (κ1) is 14.3. The Labute approximate surface area is 136 Å². The molecule has 2 aromatic carbocycles. The summed E-state index contributed by atoms with van der Waals surface area (Å²) in [5, 5.41) is 10.8. The van der Waals surface area contributed by atoms with Crippen molar-refractivity contribution in [2.45, 2.75) is 11.1 Å². The predicted molar refractivity (Wildman–Crippen MR) is 92.2 cm³/mol. The first-order valence-electron chi connectivity index (χ1n) is 6.29. The topological polar surface area (TPSA) is 35.8 Å². The van der Waals surface area contributed by atoms with E-state index in [4.69, 9.17) is 16.9 Å². The average molecular weight is 331 g/mol. The molecule has 1 aromatic heterocycles. The summed E-state index contributed by atoms with van der Waals surface area (Å²) >= 11 is 9.39. The van der Waals surface area contributed by atoms with Crippen molar-refractivity contribution in [3.63, 3.8) is 0 Å². The Balaban J connectivity index is 1.81. The standard InChI is InChI=1S/C16H11ClN2S2/c1-10-14-8-12(17)4-7-15(14)20-16(10)21-19-13-5-2-11(9-18)3-6-13/h2-8,19H,1H3. The number of nitriles is 1. The first-order valence-corrected chi connectivity index (χ1v) is 8.30. The maximum absolute atomic E-state index is 8.79. The molecule has 0 fully saturated rings. The fourth-order valence-corrected chi connectivity index (χ4v) is 4.25. The maximum atomic E-state index is 8.79. The van der Waals surface area contributed by atoms with Crippen molar-refractivity contribution in [2.75, 3.05) is 4.72 Å². The van der Waals surface area contributed by atoms with Gasteiger partial charge in [-0.15, -0.1) is 11.3 Å². The van der Waals surface area contributed by atoms with Crippen molar-refractivity contribution in [1.82, 2.24) is 0 Å². The van der Waals surface area contributed by atoms with Crippen LogP contribution in [0.1, 0.15) is 11.1 Å². The third-order valence-corrected chi connectivity index (χ3v) is 5.76. The summed E-state index contributed by atoms with van der Waals surface area (Å²) in [5.41, 5.74) is 2.88. The fraction of sp³-hybridized carbons (Fsp3) is 0.0625. The second-order valence-electron chi connectivity index (χ2n) is 4.55. The number of aryl methyl sites for hydroxylation is 1. The van der Waals surface area contributed by atoms with Crippen LogP contribution >= 0.6 is 34.9 Å². The number of rotatable bonds is 3. The maximum Gasteiger partial charge on any atom is 0.0991 e. The molecule has 1 N–H and O–H groups in total. The molecule has 0 saturated heterocycles. The average Bonchev–Trinajstić information content (AvgIpc) is 2.82. The Morgan fingerprint density at radius 1 is 1.19 bits per heavy atom. The SMILES string of the molecule is Cc1c(SNc2ccc(C#N)cc2)sc2ccc(Cl)cc12. The zero-order valence-electron chi connectivity index (χ0n) is 11.2. The molecule has 3 rings (SSSR count). The van der Waals surface area contributed by atoms with E-state index in [0.29, 0.717) is 5.56 Å². The van der Waals surface area contributed by atoms with Gasteiger partial charge in [0.05, 0.1) is 15.8 Å². The van der Waals surface area contributed by atoms with Gasteiger partial charge in [-0.1, -0.05) is 11.6 Å². The van der Waals surface area contributed by atoms with Crippen molar-refractivity contribution >= 4 is 50.7 Å². The van der Waals surface area contributed by atoms with Crippen molar-refractivity contribution in [1.29, 1.82) is 5.26 Å². The van der Waals surface area contributed by atoms with Crippen molar-refractivity contribution in [3.05, 3.63) is 58.6 Å². The lowest BCUT2D eigenvalue weighted by atomic mass is 10.2. The van der Waals surface area contributed by atoms with Crippen LogP contribution in [0.4, 0.5) is 5.69 Å². The van der Waals surface area contributed by atoms with Gasteiger partial charge in [0, 0.05) is 15.4 Å². The van der Waals surface area contributed by atoms with Crippen LogP contribution in [0, 0.1) is 18.3 Å².